The Kier molecular flexibility index (Phi) is 4.58. The van der Waals surface area contributed by atoms with Crippen LogP contribution in [0.4, 0.5) is 0 Å². The molecule has 0 radical (unpaired) electrons. The number of hydrogen-bond donors (Lipinski definition) is 1. The normalized spacial score (nSPS) is 25.5. The molecule has 0 aliphatic carbocycles. The second-order valence-corrected chi connectivity index (χ2v) is 5.02. The Hall–Kier alpha value is -0.570. The van der Waals surface area contributed by atoms with Crippen molar-refractivity contribution in [3.63, 3.8) is 0 Å². The highest BCUT2D eigenvalue weighted by molar-refractivity contribution is 5.76. The van der Waals surface area contributed by atoms with E-state index in [0.717, 1.165) is 19.4 Å². The van der Waals surface area contributed by atoms with Crippen LogP contribution < -0.4 is 0 Å². The van der Waals surface area contributed by atoms with Crippen LogP contribution in [0.5, 0.6) is 0 Å². The largest absolute Gasteiger partial charge is 0.392 e. The van der Waals surface area contributed by atoms with Gasteiger partial charge in [-0.15, -0.1) is 0 Å². The quantitative estimate of drug-likeness (QED) is 0.774. The molecule has 1 unspecified atom stereocenters. The highest BCUT2D eigenvalue weighted by Gasteiger charge is 2.24. The molecule has 3 nitrogen and oxygen atoms in total. The third kappa shape index (κ3) is 3.82. The van der Waals surface area contributed by atoms with Crippen molar-refractivity contribution in [3.8, 4) is 0 Å². The number of nitrogens with zero attached hydrogens (tertiary/aromatic N) is 1. The molecule has 0 aromatic heterocycles. The lowest BCUT2D eigenvalue weighted by Gasteiger charge is -2.22. The number of carbonyl (C=O) groups excluding carboxylic acids is 1. The third-order valence-corrected chi connectivity index (χ3v) is 3.28. The molecule has 15 heavy (non-hydrogen) atoms. The van der Waals surface area contributed by atoms with E-state index < -0.39 is 6.10 Å². The van der Waals surface area contributed by atoms with Crippen LogP contribution in [0.15, 0.2) is 0 Å². The Morgan fingerprint density at radius 1 is 1.40 bits per heavy atom. The molecule has 0 aromatic rings. The van der Waals surface area contributed by atoms with E-state index in [0.29, 0.717) is 24.8 Å². The first-order valence-corrected chi connectivity index (χ1v) is 5.96. The Bertz CT molecular complexity index is 214. The van der Waals surface area contributed by atoms with Gasteiger partial charge in [-0.05, 0) is 31.6 Å². The molecule has 1 amide bonds. The zero-order valence-corrected chi connectivity index (χ0v) is 10.1. The predicted molar refractivity (Wildman–Crippen MR) is 60.4 cm³/mol. The van der Waals surface area contributed by atoms with E-state index in [9.17, 15) is 9.90 Å². The van der Waals surface area contributed by atoms with Crippen LogP contribution in [0.2, 0.25) is 0 Å². The molecule has 1 rings (SSSR count). The van der Waals surface area contributed by atoms with Gasteiger partial charge in [-0.25, -0.2) is 0 Å². The maximum atomic E-state index is 11.7. The number of amides is 1. The number of β-amino-alcohol motifs (C(OH)–C–C–N with tert-alkyl or cyclic N) is 1. The second-order valence-electron chi connectivity index (χ2n) is 5.02. The van der Waals surface area contributed by atoms with Gasteiger partial charge in [0.05, 0.1) is 6.10 Å². The van der Waals surface area contributed by atoms with Crippen molar-refractivity contribution in [2.24, 2.45) is 11.8 Å². The van der Waals surface area contributed by atoms with Crippen molar-refractivity contribution in [3.05, 3.63) is 0 Å². The Morgan fingerprint density at radius 2 is 2.07 bits per heavy atom. The summed E-state index contributed by atoms with van der Waals surface area (Å²) in [4.78, 5) is 13.5. The van der Waals surface area contributed by atoms with Crippen LogP contribution in [0.25, 0.3) is 0 Å². The zero-order chi connectivity index (χ0) is 11.4. The summed E-state index contributed by atoms with van der Waals surface area (Å²) in [5.41, 5.74) is 0. The van der Waals surface area contributed by atoms with Gasteiger partial charge in [0.25, 0.3) is 0 Å². The van der Waals surface area contributed by atoms with Crippen LogP contribution >= 0.6 is 0 Å². The smallest absolute Gasteiger partial charge is 0.222 e. The first-order valence-electron chi connectivity index (χ1n) is 5.96. The molecule has 88 valence electrons. The molecule has 0 spiro atoms. The average molecular weight is 213 g/mol. The molecule has 0 aromatic carbocycles. The van der Waals surface area contributed by atoms with E-state index >= 15 is 0 Å². The minimum absolute atomic E-state index is 0.207. The van der Waals surface area contributed by atoms with Crippen LogP contribution in [0.3, 0.4) is 0 Å². The molecule has 0 bridgehead atoms. The fraction of sp³-hybridized carbons (Fsp3) is 0.917. The molecule has 3 heteroatoms. The summed E-state index contributed by atoms with van der Waals surface area (Å²) < 4.78 is 0. The Balaban J connectivity index is 2.51. The number of carbonyl (C=O) groups is 1. The first-order chi connectivity index (χ1) is 7.00. The number of rotatable bonds is 3. The van der Waals surface area contributed by atoms with Gasteiger partial charge in [0.15, 0.2) is 0 Å². The summed E-state index contributed by atoms with van der Waals surface area (Å²) in [5, 5.41) is 9.30. The molecule has 1 saturated heterocycles. The van der Waals surface area contributed by atoms with Gasteiger partial charge in [0.2, 0.25) is 5.91 Å². The van der Waals surface area contributed by atoms with Crippen LogP contribution in [0.1, 0.15) is 40.0 Å². The van der Waals surface area contributed by atoms with Gasteiger partial charge in [0.1, 0.15) is 0 Å². The van der Waals surface area contributed by atoms with E-state index in [2.05, 4.69) is 13.8 Å². The summed E-state index contributed by atoms with van der Waals surface area (Å²) in [7, 11) is 0. The number of aliphatic hydroxyl groups is 1. The molecule has 1 heterocycles. The highest BCUT2D eigenvalue weighted by Crippen LogP contribution is 2.25. The van der Waals surface area contributed by atoms with Crippen LogP contribution in [0, 0.1) is 11.8 Å². The van der Waals surface area contributed by atoms with Crippen molar-refractivity contribution in [1.82, 2.24) is 4.90 Å². The fourth-order valence-electron chi connectivity index (χ4n) is 2.24. The lowest BCUT2D eigenvalue weighted by Crippen LogP contribution is -2.36. The topological polar surface area (TPSA) is 40.5 Å². The van der Waals surface area contributed by atoms with Crippen LogP contribution in [-0.4, -0.2) is 35.1 Å². The summed E-state index contributed by atoms with van der Waals surface area (Å²) >= 11 is 0. The fourth-order valence-corrected chi connectivity index (χ4v) is 2.24. The van der Waals surface area contributed by atoms with E-state index in [-0.39, 0.29) is 5.91 Å². The van der Waals surface area contributed by atoms with Gasteiger partial charge in [-0.2, -0.15) is 0 Å². The summed E-state index contributed by atoms with van der Waals surface area (Å²) in [6.45, 7) is 7.48. The molecule has 1 N–H and O–H groups in total. The maximum Gasteiger partial charge on any atom is 0.222 e. The standard InChI is InChI=1S/C12H23NO2/c1-9(2)11-4-5-12(15)13(7-6-11)8-10(3)14/h9-11,14H,4-8H2,1-3H3/t10-,11?/m0/s1. The summed E-state index contributed by atoms with van der Waals surface area (Å²) in [5.74, 6) is 1.52. The van der Waals surface area contributed by atoms with Crippen molar-refractivity contribution in [2.75, 3.05) is 13.1 Å². The van der Waals surface area contributed by atoms with E-state index in [1.807, 2.05) is 4.90 Å². The molecular formula is C12H23NO2. The molecule has 1 fully saturated rings. The van der Waals surface area contributed by atoms with E-state index in [4.69, 9.17) is 0 Å². The first kappa shape index (κ1) is 12.5. The van der Waals surface area contributed by atoms with Crippen molar-refractivity contribution >= 4 is 5.91 Å². The number of hydrogen-bond acceptors (Lipinski definition) is 2. The zero-order valence-electron chi connectivity index (χ0n) is 10.1. The molecule has 0 saturated carbocycles. The SMILES string of the molecule is CC(C)C1CCC(=O)N(C[C@H](C)O)CC1. The molecule has 1 aliphatic heterocycles. The highest BCUT2D eigenvalue weighted by atomic mass is 16.3. The minimum Gasteiger partial charge on any atom is -0.392 e. The lowest BCUT2D eigenvalue weighted by molar-refractivity contribution is -0.131. The third-order valence-electron chi connectivity index (χ3n) is 3.28. The van der Waals surface area contributed by atoms with Crippen molar-refractivity contribution in [2.45, 2.75) is 46.1 Å². The van der Waals surface area contributed by atoms with Gasteiger partial charge < -0.3 is 10.0 Å². The van der Waals surface area contributed by atoms with Crippen molar-refractivity contribution in [1.29, 1.82) is 0 Å². The van der Waals surface area contributed by atoms with E-state index in [1.165, 1.54) is 0 Å². The van der Waals surface area contributed by atoms with Crippen molar-refractivity contribution < 1.29 is 9.90 Å². The number of aliphatic hydroxyl groups excluding tert-OH is 1. The molecular weight excluding hydrogens is 190 g/mol. The molecule has 2 atom stereocenters. The van der Waals surface area contributed by atoms with Crippen LogP contribution in [-0.2, 0) is 4.79 Å². The summed E-state index contributed by atoms with van der Waals surface area (Å²) in [6.07, 6.45) is 2.32. The van der Waals surface area contributed by atoms with Gasteiger partial charge in [0, 0.05) is 19.5 Å². The number of likely N-dealkylation sites (tertiary alicyclic amines) is 1. The summed E-state index contributed by atoms with van der Waals surface area (Å²) in [6, 6.07) is 0. The average Bonchev–Trinajstić information content (AvgIpc) is 2.29. The Labute approximate surface area is 92.5 Å². The van der Waals surface area contributed by atoms with E-state index in [1.54, 1.807) is 6.92 Å². The van der Waals surface area contributed by atoms with Gasteiger partial charge >= 0.3 is 0 Å². The Morgan fingerprint density at radius 3 is 2.60 bits per heavy atom. The van der Waals surface area contributed by atoms with Gasteiger partial charge in [-0.3, -0.25) is 4.79 Å². The second kappa shape index (κ2) is 5.50. The monoisotopic (exact) mass is 213 g/mol. The maximum absolute atomic E-state index is 11.7. The lowest BCUT2D eigenvalue weighted by atomic mass is 9.89. The van der Waals surface area contributed by atoms with Gasteiger partial charge in [-0.1, -0.05) is 13.8 Å². The predicted octanol–water partition coefficient (Wildman–Crippen LogP) is 1.65. The molecule has 1 aliphatic rings. The minimum atomic E-state index is -0.412.